The van der Waals surface area contributed by atoms with Crippen LogP contribution in [0.3, 0.4) is 0 Å². The van der Waals surface area contributed by atoms with Crippen LogP contribution in [-0.2, 0) is 11.3 Å². The average molecular weight is 471 g/mol. The van der Waals surface area contributed by atoms with Crippen LogP contribution in [0.5, 0.6) is 0 Å². The number of benzene rings is 1. The Labute approximate surface area is 183 Å². The van der Waals surface area contributed by atoms with E-state index in [0.29, 0.717) is 24.1 Å². The smallest absolute Gasteiger partial charge is 0.261 e. The summed E-state index contributed by atoms with van der Waals surface area (Å²) in [7, 11) is 0. The SMILES string of the molecule is O=C(CCCN1C(=O)c2ccc(Br)cc2C1=O)NCc1ccnc(N2CCCC2)c1. The molecule has 0 radical (unpaired) electrons. The molecule has 1 aromatic carbocycles. The van der Waals surface area contributed by atoms with E-state index in [1.54, 1.807) is 24.4 Å². The molecule has 7 nitrogen and oxygen atoms in total. The van der Waals surface area contributed by atoms with E-state index >= 15 is 0 Å². The van der Waals surface area contributed by atoms with Crippen LogP contribution in [0.25, 0.3) is 0 Å². The zero-order chi connectivity index (χ0) is 21.1. The second-order valence-corrected chi connectivity index (χ2v) is 8.46. The molecular formula is C22H23BrN4O3. The lowest BCUT2D eigenvalue weighted by molar-refractivity contribution is -0.121. The minimum absolute atomic E-state index is 0.103. The highest BCUT2D eigenvalue weighted by atomic mass is 79.9. The first kappa shape index (κ1) is 20.5. The number of halogens is 1. The van der Waals surface area contributed by atoms with Gasteiger partial charge in [0.15, 0.2) is 0 Å². The highest BCUT2D eigenvalue weighted by Gasteiger charge is 2.35. The van der Waals surface area contributed by atoms with Crippen LogP contribution >= 0.6 is 15.9 Å². The van der Waals surface area contributed by atoms with Gasteiger partial charge in [0.25, 0.3) is 11.8 Å². The van der Waals surface area contributed by atoms with Crippen molar-refractivity contribution in [2.75, 3.05) is 24.5 Å². The van der Waals surface area contributed by atoms with Crippen LogP contribution < -0.4 is 10.2 Å². The lowest BCUT2D eigenvalue weighted by atomic mass is 10.1. The molecular weight excluding hydrogens is 448 g/mol. The molecule has 1 N–H and O–H groups in total. The second-order valence-electron chi connectivity index (χ2n) is 7.55. The van der Waals surface area contributed by atoms with E-state index in [9.17, 15) is 14.4 Å². The number of fused-ring (bicyclic) bond motifs is 1. The maximum absolute atomic E-state index is 12.5. The Morgan fingerprint density at radius 3 is 2.63 bits per heavy atom. The van der Waals surface area contributed by atoms with Gasteiger partial charge in [-0.2, -0.15) is 0 Å². The standard InChI is InChI=1S/C22H23BrN4O3/c23-16-5-6-17-18(13-16)22(30)27(21(17)29)11-3-4-20(28)25-14-15-7-8-24-19(12-15)26-9-1-2-10-26/h5-8,12-13H,1-4,9-11,14H2,(H,25,28). The normalized spacial score (nSPS) is 15.6. The van der Waals surface area contributed by atoms with Crippen molar-refractivity contribution in [3.05, 3.63) is 57.7 Å². The van der Waals surface area contributed by atoms with Crippen molar-refractivity contribution >= 4 is 39.5 Å². The molecule has 3 amide bonds. The van der Waals surface area contributed by atoms with E-state index in [4.69, 9.17) is 0 Å². The summed E-state index contributed by atoms with van der Waals surface area (Å²) >= 11 is 3.32. The molecule has 156 valence electrons. The van der Waals surface area contributed by atoms with Crippen LogP contribution in [0.15, 0.2) is 41.0 Å². The first-order valence-electron chi connectivity index (χ1n) is 10.2. The van der Waals surface area contributed by atoms with E-state index in [0.717, 1.165) is 28.9 Å². The predicted molar refractivity (Wildman–Crippen MR) is 116 cm³/mol. The summed E-state index contributed by atoms with van der Waals surface area (Å²) in [5, 5.41) is 2.91. The van der Waals surface area contributed by atoms with Crippen LogP contribution in [0.1, 0.15) is 52.0 Å². The van der Waals surface area contributed by atoms with Crippen LogP contribution in [0, 0.1) is 0 Å². The molecule has 30 heavy (non-hydrogen) atoms. The molecule has 4 rings (SSSR count). The highest BCUT2D eigenvalue weighted by Crippen LogP contribution is 2.26. The molecule has 0 aliphatic carbocycles. The third-order valence-corrected chi connectivity index (χ3v) is 5.94. The van der Waals surface area contributed by atoms with E-state index < -0.39 is 0 Å². The first-order chi connectivity index (χ1) is 14.5. The number of hydrogen-bond donors (Lipinski definition) is 1. The number of pyridine rings is 1. The van der Waals surface area contributed by atoms with Crippen molar-refractivity contribution in [3.8, 4) is 0 Å². The molecule has 1 saturated heterocycles. The fraction of sp³-hybridized carbons (Fsp3) is 0.364. The van der Waals surface area contributed by atoms with Crippen LogP contribution in [0.2, 0.25) is 0 Å². The van der Waals surface area contributed by atoms with Crippen molar-refractivity contribution in [2.24, 2.45) is 0 Å². The lowest BCUT2D eigenvalue weighted by Gasteiger charge is -2.17. The van der Waals surface area contributed by atoms with Crippen LogP contribution in [-0.4, -0.2) is 47.2 Å². The Kier molecular flexibility index (Phi) is 6.13. The Morgan fingerprint density at radius 1 is 1.07 bits per heavy atom. The Bertz CT molecular complexity index is 988. The monoisotopic (exact) mass is 470 g/mol. The highest BCUT2D eigenvalue weighted by molar-refractivity contribution is 9.10. The molecule has 2 aromatic rings. The fourth-order valence-corrected chi connectivity index (χ4v) is 4.20. The number of carbonyl (C=O) groups excluding carboxylic acids is 3. The molecule has 2 aliphatic rings. The topological polar surface area (TPSA) is 82.6 Å². The van der Waals surface area contributed by atoms with E-state index in [1.807, 2.05) is 12.1 Å². The summed E-state index contributed by atoms with van der Waals surface area (Å²) in [6, 6.07) is 8.97. The van der Waals surface area contributed by atoms with Gasteiger partial charge >= 0.3 is 0 Å². The van der Waals surface area contributed by atoms with E-state index in [1.165, 1.54) is 17.7 Å². The minimum atomic E-state index is -0.303. The summed E-state index contributed by atoms with van der Waals surface area (Å²) in [5.41, 5.74) is 1.83. The molecule has 3 heterocycles. The number of amides is 3. The molecule has 0 unspecified atom stereocenters. The van der Waals surface area contributed by atoms with Gasteiger partial charge in [-0.05, 0) is 55.2 Å². The van der Waals surface area contributed by atoms with Gasteiger partial charge in [-0.15, -0.1) is 0 Å². The maximum Gasteiger partial charge on any atom is 0.261 e. The predicted octanol–water partition coefficient (Wildman–Crippen LogP) is 3.14. The number of imide groups is 1. The molecule has 0 saturated carbocycles. The lowest BCUT2D eigenvalue weighted by Crippen LogP contribution is -2.32. The third kappa shape index (κ3) is 4.38. The van der Waals surface area contributed by atoms with Crippen molar-refractivity contribution in [1.82, 2.24) is 15.2 Å². The van der Waals surface area contributed by atoms with Crippen molar-refractivity contribution < 1.29 is 14.4 Å². The number of rotatable bonds is 7. The van der Waals surface area contributed by atoms with Gasteiger partial charge in [0.2, 0.25) is 5.91 Å². The van der Waals surface area contributed by atoms with Crippen molar-refractivity contribution in [3.63, 3.8) is 0 Å². The van der Waals surface area contributed by atoms with Gasteiger partial charge in [-0.1, -0.05) is 15.9 Å². The summed E-state index contributed by atoms with van der Waals surface area (Å²) in [5.74, 6) is 0.252. The molecule has 1 aromatic heterocycles. The second kappa shape index (κ2) is 8.95. The van der Waals surface area contributed by atoms with Crippen molar-refractivity contribution in [2.45, 2.75) is 32.2 Å². The van der Waals surface area contributed by atoms with Gasteiger partial charge < -0.3 is 10.2 Å². The molecule has 0 spiro atoms. The summed E-state index contributed by atoms with van der Waals surface area (Å²) in [4.78, 5) is 45.0. The molecule has 0 atom stereocenters. The largest absolute Gasteiger partial charge is 0.357 e. The number of hydrogen-bond acceptors (Lipinski definition) is 5. The summed E-state index contributed by atoms with van der Waals surface area (Å²) < 4.78 is 0.757. The Morgan fingerprint density at radius 2 is 1.83 bits per heavy atom. The number of nitrogens with one attached hydrogen (secondary N) is 1. The molecule has 2 aliphatic heterocycles. The van der Waals surface area contributed by atoms with Gasteiger partial charge in [0.05, 0.1) is 11.1 Å². The number of anilines is 1. The number of carbonyl (C=O) groups is 3. The Balaban J connectivity index is 1.25. The van der Waals surface area contributed by atoms with Gasteiger partial charge in [-0.3, -0.25) is 19.3 Å². The molecule has 1 fully saturated rings. The van der Waals surface area contributed by atoms with Crippen LogP contribution in [0.4, 0.5) is 5.82 Å². The quantitative estimate of drug-likeness (QED) is 0.628. The van der Waals surface area contributed by atoms with Gasteiger partial charge in [0, 0.05) is 43.3 Å². The third-order valence-electron chi connectivity index (χ3n) is 5.45. The Hall–Kier alpha value is -2.74. The number of aromatic nitrogens is 1. The van der Waals surface area contributed by atoms with Gasteiger partial charge in [0.1, 0.15) is 5.82 Å². The van der Waals surface area contributed by atoms with E-state index in [2.05, 4.69) is 31.1 Å². The molecule has 8 heteroatoms. The minimum Gasteiger partial charge on any atom is -0.357 e. The average Bonchev–Trinajstić information content (AvgIpc) is 3.36. The zero-order valence-corrected chi connectivity index (χ0v) is 18.2. The molecule has 0 bridgehead atoms. The van der Waals surface area contributed by atoms with Gasteiger partial charge in [-0.25, -0.2) is 4.98 Å². The van der Waals surface area contributed by atoms with E-state index in [-0.39, 0.29) is 30.7 Å². The maximum atomic E-state index is 12.5. The number of nitrogens with zero attached hydrogens (tertiary/aromatic N) is 3. The fourth-order valence-electron chi connectivity index (χ4n) is 3.84. The van der Waals surface area contributed by atoms with Crippen molar-refractivity contribution in [1.29, 1.82) is 0 Å². The zero-order valence-electron chi connectivity index (χ0n) is 16.6. The summed E-state index contributed by atoms with van der Waals surface area (Å²) in [6.07, 6.45) is 4.82. The first-order valence-corrected chi connectivity index (χ1v) is 10.9. The summed E-state index contributed by atoms with van der Waals surface area (Å²) in [6.45, 7) is 2.71.